The lowest BCUT2D eigenvalue weighted by Gasteiger charge is -2.34. The summed E-state index contributed by atoms with van der Waals surface area (Å²) in [5.74, 6) is 0.725. The summed E-state index contributed by atoms with van der Waals surface area (Å²) in [4.78, 5) is 3.90. The molecule has 1 aliphatic heterocycles. The number of hydrogen-bond donors (Lipinski definition) is 1. The van der Waals surface area contributed by atoms with E-state index in [1.165, 1.54) is 22.2 Å². The molecule has 1 saturated heterocycles. The van der Waals surface area contributed by atoms with Gasteiger partial charge in [0.15, 0.2) is 0 Å². The number of ether oxygens (including phenoxy) is 1. The van der Waals surface area contributed by atoms with E-state index < -0.39 is 0 Å². The van der Waals surface area contributed by atoms with Crippen LogP contribution in [0.15, 0.2) is 46.9 Å². The van der Waals surface area contributed by atoms with Crippen LogP contribution in [-0.2, 0) is 6.54 Å². The van der Waals surface area contributed by atoms with Gasteiger partial charge in [0.25, 0.3) is 0 Å². The van der Waals surface area contributed by atoms with Crippen molar-refractivity contribution >= 4 is 21.6 Å². The highest BCUT2D eigenvalue weighted by molar-refractivity contribution is 9.10. The van der Waals surface area contributed by atoms with Crippen molar-refractivity contribution in [2.45, 2.75) is 6.54 Å². The molecule has 1 fully saturated rings. The van der Waals surface area contributed by atoms with Crippen molar-refractivity contribution in [3.05, 3.63) is 58.3 Å². The standard InChI is InChI=1S/C18H20BrFN2O/c1-23-18-5-3-2-4-17(18)22-10-8-21(9-11-22)13-14-6-7-16(20)15(19)12-14/h2-7,12H,8-11,13H2,1H3/p+1. The Morgan fingerprint density at radius 3 is 2.61 bits per heavy atom. The van der Waals surface area contributed by atoms with E-state index in [0.717, 1.165) is 38.5 Å². The fourth-order valence-corrected chi connectivity index (χ4v) is 3.50. The topological polar surface area (TPSA) is 16.9 Å². The van der Waals surface area contributed by atoms with Crippen LogP contribution in [0.1, 0.15) is 5.56 Å². The number of para-hydroxylation sites is 2. The molecular formula is C18H21BrFN2O+. The molecule has 0 unspecified atom stereocenters. The summed E-state index contributed by atoms with van der Waals surface area (Å²) in [6.45, 7) is 5.05. The lowest BCUT2D eigenvalue weighted by Crippen LogP contribution is -3.13. The van der Waals surface area contributed by atoms with Gasteiger partial charge in [0.05, 0.1) is 43.4 Å². The normalized spacial score (nSPS) is 15.7. The summed E-state index contributed by atoms with van der Waals surface area (Å²) >= 11 is 3.26. The second-order valence-electron chi connectivity index (χ2n) is 5.83. The van der Waals surface area contributed by atoms with Crippen molar-refractivity contribution in [2.24, 2.45) is 0 Å². The Kier molecular flexibility index (Phi) is 5.18. The molecule has 1 heterocycles. The zero-order chi connectivity index (χ0) is 16.2. The van der Waals surface area contributed by atoms with E-state index in [1.54, 1.807) is 7.11 Å². The van der Waals surface area contributed by atoms with Crippen molar-refractivity contribution < 1.29 is 14.0 Å². The molecule has 0 amide bonds. The highest BCUT2D eigenvalue weighted by Gasteiger charge is 2.22. The average molecular weight is 380 g/mol. The lowest BCUT2D eigenvalue weighted by atomic mass is 10.2. The zero-order valence-electron chi connectivity index (χ0n) is 13.2. The van der Waals surface area contributed by atoms with Crippen molar-refractivity contribution in [3.8, 4) is 5.75 Å². The number of anilines is 1. The summed E-state index contributed by atoms with van der Waals surface area (Å²) < 4.78 is 19.3. The molecule has 0 radical (unpaired) electrons. The van der Waals surface area contributed by atoms with E-state index >= 15 is 0 Å². The van der Waals surface area contributed by atoms with Crippen molar-refractivity contribution in [1.29, 1.82) is 0 Å². The fourth-order valence-electron chi connectivity index (χ4n) is 3.07. The minimum atomic E-state index is -0.204. The molecule has 2 aromatic carbocycles. The molecule has 1 aliphatic rings. The van der Waals surface area contributed by atoms with Crippen LogP contribution in [0.5, 0.6) is 5.75 Å². The minimum absolute atomic E-state index is 0.204. The van der Waals surface area contributed by atoms with Crippen LogP contribution >= 0.6 is 15.9 Å². The number of rotatable bonds is 4. The number of piperazine rings is 1. The van der Waals surface area contributed by atoms with Gasteiger partial charge in [-0.3, -0.25) is 0 Å². The van der Waals surface area contributed by atoms with Gasteiger partial charge < -0.3 is 14.5 Å². The van der Waals surface area contributed by atoms with Gasteiger partial charge in [-0.05, 0) is 40.2 Å². The molecule has 23 heavy (non-hydrogen) atoms. The molecule has 3 rings (SSSR count). The predicted molar refractivity (Wildman–Crippen MR) is 93.7 cm³/mol. The maximum absolute atomic E-state index is 13.3. The number of benzene rings is 2. The van der Waals surface area contributed by atoms with Crippen molar-refractivity contribution in [1.82, 2.24) is 0 Å². The lowest BCUT2D eigenvalue weighted by molar-refractivity contribution is -0.914. The number of nitrogens with one attached hydrogen (secondary N) is 1. The Hall–Kier alpha value is -1.59. The Balaban J connectivity index is 1.61. The Labute approximate surface area is 144 Å². The first-order chi connectivity index (χ1) is 11.2. The number of methoxy groups -OCH3 is 1. The summed E-state index contributed by atoms with van der Waals surface area (Å²) in [6, 6.07) is 13.5. The van der Waals surface area contributed by atoms with Crippen molar-refractivity contribution in [2.75, 3.05) is 38.2 Å². The fraction of sp³-hybridized carbons (Fsp3) is 0.333. The van der Waals surface area contributed by atoms with Crippen LogP contribution in [-0.4, -0.2) is 33.3 Å². The summed E-state index contributed by atoms with van der Waals surface area (Å²) in [7, 11) is 1.72. The number of quaternary nitrogens is 1. The molecule has 0 saturated carbocycles. The van der Waals surface area contributed by atoms with Crippen LogP contribution in [0.4, 0.5) is 10.1 Å². The van der Waals surface area contributed by atoms with Gasteiger partial charge in [-0.15, -0.1) is 0 Å². The van der Waals surface area contributed by atoms with Crippen molar-refractivity contribution in [3.63, 3.8) is 0 Å². The molecule has 5 heteroatoms. The smallest absolute Gasteiger partial charge is 0.142 e. The minimum Gasteiger partial charge on any atom is -0.495 e. The summed E-state index contributed by atoms with van der Waals surface area (Å²) in [5.41, 5.74) is 2.33. The van der Waals surface area contributed by atoms with Gasteiger partial charge in [-0.1, -0.05) is 18.2 Å². The van der Waals surface area contributed by atoms with Crippen LogP contribution in [0.3, 0.4) is 0 Å². The highest BCUT2D eigenvalue weighted by Crippen LogP contribution is 2.27. The second-order valence-corrected chi connectivity index (χ2v) is 6.69. The summed E-state index contributed by atoms with van der Waals surface area (Å²) in [5, 5.41) is 0. The van der Waals surface area contributed by atoms with Crippen LogP contribution in [0, 0.1) is 5.82 Å². The predicted octanol–water partition coefficient (Wildman–Crippen LogP) is 2.50. The van der Waals surface area contributed by atoms with Crippen LogP contribution in [0.25, 0.3) is 0 Å². The third-order valence-corrected chi connectivity index (χ3v) is 4.94. The highest BCUT2D eigenvalue weighted by atomic mass is 79.9. The first kappa shape index (κ1) is 16.3. The maximum atomic E-state index is 13.3. The molecule has 0 aromatic heterocycles. The molecular weight excluding hydrogens is 359 g/mol. The Morgan fingerprint density at radius 2 is 1.91 bits per heavy atom. The first-order valence-electron chi connectivity index (χ1n) is 7.83. The molecule has 0 atom stereocenters. The molecule has 1 N–H and O–H groups in total. The molecule has 0 spiro atoms. The van der Waals surface area contributed by atoms with Gasteiger partial charge in [-0.25, -0.2) is 4.39 Å². The van der Waals surface area contributed by atoms with Gasteiger partial charge >= 0.3 is 0 Å². The molecule has 3 nitrogen and oxygen atoms in total. The number of nitrogens with zero attached hydrogens (tertiary/aromatic N) is 1. The van der Waals surface area contributed by atoms with Gasteiger partial charge in [0, 0.05) is 5.56 Å². The Morgan fingerprint density at radius 1 is 1.17 bits per heavy atom. The Bertz CT molecular complexity index is 672. The van der Waals surface area contributed by atoms with Gasteiger partial charge in [0.2, 0.25) is 0 Å². The largest absolute Gasteiger partial charge is 0.495 e. The number of hydrogen-bond acceptors (Lipinski definition) is 2. The number of halogens is 2. The van der Waals surface area contributed by atoms with E-state index in [2.05, 4.69) is 26.9 Å². The van der Waals surface area contributed by atoms with E-state index in [4.69, 9.17) is 4.74 Å². The van der Waals surface area contributed by atoms with E-state index in [0.29, 0.717) is 4.47 Å². The SMILES string of the molecule is COc1ccccc1N1CC[NH+](Cc2ccc(F)c(Br)c2)CC1. The molecule has 0 aliphatic carbocycles. The zero-order valence-corrected chi connectivity index (χ0v) is 14.8. The van der Waals surface area contributed by atoms with E-state index in [-0.39, 0.29) is 5.82 Å². The second kappa shape index (κ2) is 7.32. The molecule has 0 bridgehead atoms. The first-order valence-corrected chi connectivity index (χ1v) is 8.62. The quantitative estimate of drug-likeness (QED) is 0.878. The monoisotopic (exact) mass is 379 g/mol. The average Bonchev–Trinajstić information content (AvgIpc) is 2.59. The third-order valence-electron chi connectivity index (χ3n) is 4.33. The molecule has 2 aromatic rings. The van der Waals surface area contributed by atoms with Crippen LogP contribution < -0.4 is 14.5 Å². The van der Waals surface area contributed by atoms with Crippen LogP contribution in [0.2, 0.25) is 0 Å². The van der Waals surface area contributed by atoms with E-state index in [9.17, 15) is 4.39 Å². The van der Waals surface area contributed by atoms with E-state index in [1.807, 2.05) is 30.3 Å². The third kappa shape index (κ3) is 3.85. The summed E-state index contributed by atoms with van der Waals surface area (Å²) in [6.07, 6.45) is 0. The molecule has 122 valence electrons. The maximum Gasteiger partial charge on any atom is 0.142 e. The van der Waals surface area contributed by atoms with Gasteiger partial charge in [0.1, 0.15) is 18.1 Å². The van der Waals surface area contributed by atoms with Gasteiger partial charge in [-0.2, -0.15) is 0 Å².